The van der Waals surface area contributed by atoms with Crippen LogP contribution in [-0.2, 0) is 29.2 Å². The Kier molecular flexibility index (Phi) is 13.3. The van der Waals surface area contributed by atoms with Gasteiger partial charge in [0.25, 0.3) is 0 Å². The Morgan fingerprint density at radius 1 is 0.645 bits per heavy atom. The van der Waals surface area contributed by atoms with Gasteiger partial charge < -0.3 is 40.0 Å². The van der Waals surface area contributed by atoms with Crippen LogP contribution in [0.15, 0.2) is 129 Å². The number of aromatic nitrogens is 4. The fourth-order valence-corrected chi connectivity index (χ4v) is 11.2. The third kappa shape index (κ3) is 9.37. The number of carbonyl (C=O) groups is 4. The van der Waals surface area contributed by atoms with Crippen molar-refractivity contribution < 1.29 is 19.2 Å². The van der Waals surface area contributed by atoms with Gasteiger partial charge in [-0.3, -0.25) is 24.3 Å². The van der Waals surface area contributed by atoms with E-state index in [1.54, 1.807) is 46.1 Å². The minimum atomic E-state index is -0.269. The maximum atomic E-state index is 14.2. The SMILES string of the molecule is C=CC(=O)N1CCC(N2Cc3cnc(Nc4cccc(N5CCN(Cc6ccc7c(c6)N(C(=O)C=C)CCC7N6Cc7cnc(Nc8ccc(N(C)C)cc8)nc7N(C)C6=O)CC5)c4)nc3N(C)C2=O)c2ccccc21. The van der Waals surface area contributed by atoms with Crippen molar-refractivity contribution in [3.05, 3.63) is 157 Å². The molecular formula is C57H61N15O4. The van der Waals surface area contributed by atoms with Gasteiger partial charge in [0.05, 0.1) is 25.2 Å². The predicted molar refractivity (Wildman–Crippen MR) is 297 cm³/mol. The second-order valence-corrected chi connectivity index (χ2v) is 20.0. The number of nitrogens with one attached hydrogen (secondary N) is 2. The van der Waals surface area contributed by atoms with Gasteiger partial charge in [-0.25, -0.2) is 19.6 Å². The van der Waals surface area contributed by atoms with Crippen molar-refractivity contribution in [3.8, 4) is 0 Å². The van der Waals surface area contributed by atoms with Crippen LogP contribution >= 0.6 is 0 Å². The van der Waals surface area contributed by atoms with E-state index in [-0.39, 0.29) is 36.0 Å². The van der Waals surface area contributed by atoms with Crippen LogP contribution in [0.2, 0.25) is 0 Å². The molecule has 2 atom stereocenters. The third-order valence-corrected chi connectivity index (χ3v) is 15.2. The van der Waals surface area contributed by atoms with Gasteiger partial charge in [0, 0.05) is 132 Å². The minimum Gasteiger partial charge on any atom is -0.378 e. The first-order valence-corrected chi connectivity index (χ1v) is 25.6. The second-order valence-electron chi connectivity index (χ2n) is 20.0. The Hall–Kier alpha value is -8.84. The molecule has 4 aromatic carbocycles. The zero-order valence-electron chi connectivity index (χ0n) is 43.3. The van der Waals surface area contributed by atoms with Gasteiger partial charge >= 0.3 is 12.1 Å². The first-order chi connectivity index (χ1) is 36.8. The summed E-state index contributed by atoms with van der Waals surface area (Å²) in [6, 6.07) is 29.4. The number of amides is 6. The number of para-hydroxylation sites is 1. The topological polar surface area (TPSA) is 173 Å². The van der Waals surface area contributed by atoms with Crippen LogP contribution in [0.5, 0.6) is 0 Å². The normalized spacial score (nSPS) is 18.3. The highest BCUT2D eigenvalue weighted by Crippen LogP contribution is 2.44. The van der Waals surface area contributed by atoms with Gasteiger partial charge in [-0.15, -0.1) is 0 Å². The summed E-state index contributed by atoms with van der Waals surface area (Å²) in [4.78, 5) is 90.3. The molecule has 388 valence electrons. The number of rotatable bonds is 12. The summed E-state index contributed by atoms with van der Waals surface area (Å²) in [7, 11) is 7.47. The largest absolute Gasteiger partial charge is 0.378 e. The average molecular weight is 1020 g/mol. The predicted octanol–water partition coefficient (Wildman–Crippen LogP) is 8.21. The molecule has 5 aliphatic heterocycles. The lowest BCUT2D eigenvalue weighted by atomic mass is 9.92. The van der Waals surface area contributed by atoms with Crippen molar-refractivity contribution in [2.45, 2.75) is 44.6 Å². The number of hydrogen-bond donors (Lipinski definition) is 2. The molecule has 6 aromatic rings. The zero-order valence-corrected chi connectivity index (χ0v) is 43.3. The Morgan fingerprint density at radius 3 is 1.80 bits per heavy atom. The summed E-state index contributed by atoms with van der Waals surface area (Å²) in [6.07, 6.45) is 7.41. The van der Waals surface area contributed by atoms with Crippen molar-refractivity contribution >= 4 is 81.5 Å². The molecule has 6 amide bonds. The quantitative estimate of drug-likeness (QED) is 0.112. The first-order valence-electron chi connectivity index (χ1n) is 25.6. The van der Waals surface area contributed by atoms with Gasteiger partial charge in [0.1, 0.15) is 11.6 Å². The molecule has 0 radical (unpaired) electrons. The molecule has 2 unspecified atom stereocenters. The number of anilines is 10. The third-order valence-electron chi connectivity index (χ3n) is 15.2. The van der Waals surface area contributed by atoms with Crippen molar-refractivity contribution in [1.29, 1.82) is 0 Å². The highest BCUT2D eigenvalue weighted by molar-refractivity contribution is 6.03. The van der Waals surface area contributed by atoms with E-state index in [0.717, 1.165) is 88.1 Å². The molecule has 1 fully saturated rings. The number of urea groups is 2. The summed E-state index contributed by atoms with van der Waals surface area (Å²) in [5.41, 5.74) is 9.99. The molecule has 19 nitrogen and oxygen atoms in total. The zero-order chi connectivity index (χ0) is 52.8. The molecule has 2 N–H and O–H groups in total. The summed E-state index contributed by atoms with van der Waals surface area (Å²) in [6.45, 7) is 13.0. The molecule has 0 bridgehead atoms. The van der Waals surface area contributed by atoms with E-state index in [2.05, 4.69) is 68.9 Å². The van der Waals surface area contributed by atoms with E-state index in [1.807, 2.05) is 89.5 Å². The highest BCUT2D eigenvalue weighted by Gasteiger charge is 2.41. The first kappa shape index (κ1) is 49.4. The van der Waals surface area contributed by atoms with Crippen LogP contribution in [0, 0.1) is 0 Å². The van der Waals surface area contributed by atoms with Crippen molar-refractivity contribution in [2.75, 3.05) is 107 Å². The summed E-state index contributed by atoms with van der Waals surface area (Å²) < 4.78 is 0. The number of nitrogens with zero attached hydrogens (tertiary/aromatic N) is 13. The number of piperazine rings is 1. The molecule has 1 saturated heterocycles. The average Bonchev–Trinajstić information content (AvgIpc) is 3.45. The molecule has 7 heterocycles. The molecule has 76 heavy (non-hydrogen) atoms. The van der Waals surface area contributed by atoms with Crippen molar-refractivity contribution in [3.63, 3.8) is 0 Å². The molecule has 0 saturated carbocycles. The van der Waals surface area contributed by atoms with Crippen LogP contribution in [0.4, 0.5) is 67.2 Å². The number of fused-ring (bicyclic) bond motifs is 4. The van der Waals surface area contributed by atoms with Crippen LogP contribution in [-0.4, -0.2) is 126 Å². The lowest BCUT2D eigenvalue weighted by Gasteiger charge is -2.43. The minimum absolute atomic E-state index is 0.163. The maximum Gasteiger partial charge on any atom is 0.326 e. The fourth-order valence-electron chi connectivity index (χ4n) is 11.2. The lowest BCUT2D eigenvalue weighted by Crippen LogP contribution is -2.49. The van der Waals surface area contributed by atoms with Gasteiger partial charge in [-0.05, 0) is 96.3 Å². The van der Waals surface area contributed by atoms with Crippen LogP contribution in [0.3, 0.4) is 0 Å². The summed E-state index contributed by atoms with van der Waals surface area (Å²) >= 11 is 0. The number of hydrogen-bond acceptors (Lipinski definition) is 13. The van der Waals surface area contributed by atoms with Gasteiger partial charge in [-0.2, -0.15) is 9.97 Å². The van der Waals surface area contributed by atoms with E-state index in [1.165, 1.54) is 12.2 Å². The van der Waals surface area contributed by atoms with Crippen LogP contribution in [0.25, 0.3) is 0 Å². The van der Waals surface area contributed by atoms with Crippen LogP contribution in [0.1, 0.15) is 52.7 Å². The second kappa shape index (κ2) is 20.5. The molecule has 11 rings (SSSR count). The van der Waals surface area contributed by atoms with Crippen LogP contribution < -0.4 is 40.0 Å². The standard InChI is InChI=1S/C57H61N15O4/c1-7-50(73)69-24-22-47(44-14-9-10-15-46(44)69)71-35-39-33-59-55(63-53(39)66(6)56(71)75)61-41-12-11-13-43(31-41)68-28-26-67(27-29-68)34-37-16-21-45-48(23-25-70(49(45)30-37)51(74)8-2)72-36-38-32-58-54(62-52(38)65(5)57(72)76)60-40-17-19-42(20-18-40)64(3)4/h7-21,30-33,47-48H,1-2,22-29,34-36H2,3-6H3,(H,58,60,62)(H,59,61,63). The Balaban J connectivity index is 0.729. The van der Waals surface area contributed by atoms with Gasteiger partial charge in [0.15, 0.2) is 0 Å². The lowest BCUT2D eigenvalue weighted by molar-refractivity contribution is -0.115. The van der Waals surface area contributed by atoms with E-state index < -0.39 is 0 Å². The Bertz CT molecular complexity index is 3270. The van der Waals surface area contributed by atoms with E-state index in [4.69, 9.17) is 15.0 Å². The Labute approximate surface area is 442 Å². The summed E-state index contributed by atoms with van der Waals surface area (Å²) in [5.74, 6) is 1.57. The molecular weight excluding hydrogens is 959 g/mol. The smallest absolute Gasteiger partial charge is 0.326 e. The fraction of sp³-hybridized carbons (Fsp3) is 0.298. The highest BCUT2D eigenvalue weighted by atomic mass is 16.2. The van der Waals surface area contributed by atoms with Crippen molar-refractivity contribution in [2.24, 2.45) is 0 Å². The van der Waals surface area contributed by atoms with Gasteiger partial charge in [0.2, 0.25) is 23.7 Å². The van der Waals surface area contributed by atoms with Gasteiger partial charge in [-0.1, -0.05) is 49.6 Å². The van der Waals surface area contributed by atoms with Crippen molar-refractivity contribution in [1.82, 2.24) is 34.6 Å². The molecule has 19 heteroatoms. The molecule has 0 aliphatic carbocycles. The summed E-state index contributed by atoms with van der Waals surface area (Å²) in [5, 5.41) is 6.65. The van der Waals surface area contributed by atoms with E-state index in [0.29, 0.717) is 69.1 Å². The number of benzene rings is 4. The molecule has 2 aromatic heterocycles. The monoisotopic (exact) mass is 1020 g/mol. The molecule has 5 aliphatic rings. The Morgan fingerprint density at radius 2 is 1.21 bits per heavy atom. The molecule has 0 spiro atoms. The number of carbonyl (C=O) groups excluding carboxylic acids is 4. The maximum absolute atomic E-state index is 14.2. The van der Waals surface area contributed by atoms with E-state index in [9.17, 15) is 19.2 Å². The van der Waals surface area contributed by atoms with E-state index >= 15 is 0 Å².